The van der Waals surface area contributed by atoms with Crippen molar-refractivity contribution in [2.24, 2.45) is 0 Å². The number of hydrogen-bond donors (Lipinski definition) is 2. The molecular formula is C23H22F2N6O. The predicted molar refractivity (Wildman–Crippen MR) is 119 cm³/mol. The van der Waals surface area contributed by atoms with Crippen molar-refractivity contribution in [1.82, 2.24) is 19.5 Å². The summed E-state index contributed by atoms with van der Waals surface area (Å²) in [4.78, 5) is 13.7. The Bertz CT molecular complexity index is 1250. The van der Waals surface area contributed by atoms with Crippen LogP contribution in [0.2, 0.25) is 0 Å². The lowest BCUT2D eigenvalue weighted by atomic mass is 10.2. The standard InChI is InChI=1S/C23H22F2N6O/c1-32-17-9-7-15(8-10-17)27-22-26-13-20-21(30-22)31(16-4-2-3-5-16)23(29-20)28-19-11-6-14(24)12-18(19)25/h6-13,16H,2-5H2,1H3,(H,28,29)(H,26,27,30). The summed E-state index contributed by atoms with van der Waals surface area (Å²) in [6, 6.07) is 11.1. The molecule has 0 radical (unpaired) electrons. The fourth-order valence-electron chi connectivity index (χ4n) is 4.06. The van der Waals surface area contributed by atoms with Crippen LogP contribution in [0.25, 0.3) is 11.2 Å². The molecule has 0 bridgehead atoms. The molecule has 0 unspecified atom stereocenters. The molecule has 2 aromatic heterocycles. The Kier molecular flexibility index (Phi) is 5.30. The van der Waals surface area contributed by atoms with Crippen LogP contribution < -0.4 is 15.4 Å². The minimum atomic E-state index is -0.678. The molecule has 1 aliphatic rings. The highest BCUT2D eigenvalue weighted by Gasteiger charge is 2.24. The van der Waals surface area contributed by atoms with Gasteiger partial charge in [-0.2, -0.15) is 4.98 Å². The molecule has 1 aliphatic carbocycles. The topological polar surface area (TPSA) is 76.9 Å². The van der Waals surface area contributed by atoms with Gasteiger partial charge in [0, 0.05) is 17.8 Å². The van der Waals surface area contributed by atoms with E-state index in [0.29, 0.717) is 23.1 Å². The zero-order chi connectivity index (χ0) is 22.1. The van der Waals surface area contributed by atoms with Gasteiger partial charge in [-0.3, -0.25) is 4.57 Å². The number of benzene rings is 2. The fraction of sp³-hybridized carbons (Fsp3) is 0.261. The van der Waals surface area contributed by atoms with E-state index >= 15 is 0 Å². The van der Waals surface area contributed by atoms with E-state index in [-0.39, 0.29) is 11.7 Å². The Hall–Kier alpha value is -3.75. The zero-order valence-corrected chi connectivity index (χ0v) is 17.5. The Labute approximate surface area is 183 Å². The van der Waals surface area contributed by atoms with Crippen molar-refractivity contribution in [2.75, 3.05) is 17.7 Å². The van der Waals surface area contributed by atoms with Crippen molar-refractivity contribution in [1.29, 1.82) is 0 Å². The average molecular weight is 436 g/mol. The number of rotatable bonds is 6. The van der Waals surface area contributed by atoms with Gasteiger partial charge in [-0.1, -0.05) is 12.8 Å². The second-order valence-corrected chi connectivity index (χ2v) is 7.75. The van der Waals surface area contributed by atoms with E-state index in [1.807, 2.05) is 28.8 Å². The summed E-state index contributed by atoms with van der Waals surface area (Å²) in [5.41, 5.74) is 2.24. The number of nitrogens with zero attached hydrogens (tertiary/aromatic N) is 4. The van der Waals surface area contributed by atoms with Crippen molar-refractivity contribution in [2.45, 2.75) is 31.7 Å². The van der Waals surface area contributed by atoms with E-state index in [4.69, 9.17) is 9.72 Å². The van der Waals surface area contributed by atoms with Gasteiger partial charge in [0.25, 0.3) is 0 Å². The van der Waals surface area contributed by atoms with Gasteiger partial charge in [0.05, 0.1) is 19.0 Å². The first-order valence-corrected chi connectivity index (χ1v) is 10.5. The van der Waals surface area contributed by atoms with E-state index in [1.165, 1.54) is 12.1 Å². The number of methoxy groups -OCH3 is 1. The van der Waals surface area contributed by atoms with E-state index in [0.717, 1.165) is 43.2 Å². The van der Waals surface area contributed by atoms with Gasteiger partial charge in [-0.25, -0.2) is 18.7 Å². The Morgan fingerprint density at radius 3 is 2.50 bits per heavy atom. The highest BCUT2D eigenvalue weighted by Crippen LogP contribution is 2.36. The van der Waals surface area contributed by atoms with Crippen LogP contribution >= 0.6 is 0 Å². The molecule has 1 saturated carbocycles. The monoisotopic (exact) mass is 436 g/mol. The summed E-state index contributed by atoms with van der Waals surface area (Å²) in [7, 11) is 1.62. The number of ether oxygens (including phenoxy) is 1. The largest absolute Gasteiger partial charge is 0.497 e. The zero-order valence-electron chi connectivity index (χ0n) is 17.5. The molecule has 2 aromatic carbocycles. The molecule has 9 heteroatoms. The first kappa shape index (κ1) is 20.2. The van der Waals surface area contributed by atoms with E-state index in [2.05, 4.69) is 20.6 Å². The molecule has 0 amide bonds. The Morgan fingerprint density at radius 2 is 1.78 bits per heavy atom. The molecule has 32 heavy (non-hydrogen) atoms. The molecule has 0 saturated heterocycles. The second-order valence-electron chi connectivity index (χ2n) is 7.75. The minimum absolute atomic E-state index is 0.158. The number of aromatic nitrogens is 4. The van der Waals surface area contributed by atoms with Gasteiger partial charge in [0.1, 0.15) is 22.9 Å². The second kappa shape index (κ2) is 8.41. The molecule has 0 aliphatic heterocycles. The lowest BCUT2D eigenvalue weighted by Gasteiger charge is -2.17. The van der Waals surface area contributed by atoms with Gasteiger partial charge in [0.2, 0.25) is 11.9 Å². The molecule has 5 rings (SSSR count). The number of nitrogens with one attached hydrogen (secondary N) is 2. The van der Waals surface area contributed by atoms with Crippen LogP contribution in [0.15, 0.2) is 48.7 Å². The highest BCUT2D eigenvalue weighted by atomic mass is 19.1. The third kappa shape index (κ3) is 3.93. The third-order valence-corrected chi connectivity index (χ3v) is 5.65. The maximum Gasteiger partial charge on any atom is 0.229 e. The van der Waals surface area contributed by atoms with Gasteiger partial charge < -0.3 is 15.4 Å². The van der Waals surface area contributed by atoms with Crippen molar-refractivity contribution in [3.63, 3.8) is 0 Å². The molecule has 0 spiro atoms. The molecule has 2 N–H and O–H groups in total. The average Bonchev–Trinajstić information content (AvgIpc) is 3.43. The number of imidazole rings is 1. The molecule has 2 heterocycles. The van der Waals surface area contributed by atoms with Crippen LogP contribution in [0.4, 0.5) is 32.1 Å². The summed E-state index contributed by atoms with van der Waals surface area (Å²) >= 11 is 0. The minimum Gasteiger partial charge on any atom is -0.497 e. The molecule has 1 fully saturated rings. The first-order valence-electron chi connectivity index (χ1n) is 10.5. The molecule has 4 aromatic rings. The maximum atomic E-state index is 14.3. The quantitative estimate of drug-likeness (QED) is 0.403. The van der Waals surface area contributed by atoms with Crippen molar-refractivity contribution < 1.29 is 13.5 Å². The SMILES string of the molecule is COc1ccc(Nc2ncc3nc(Nc4ccc(F)cc4F)n(C4CCCC4)c3n2)cc1. The Balaban J connectivity index is 1.52. The number of fused-ring (bicyclic) bond motifs is 1. The van der Waals surface area contributed by atoms with Gasteiger partial charge >= 0.3 is 0 Å². The normalized spacial score (nSPS) is 14.1. The van der Waals surface area contributed by atoms with Crippen LogP contribution in [0, 0.1) is 11.6 Å². The number of halogens is 2. The summed E-state index contributed by atoms with van der Waals surface area (Å²) in [5, 5.41) is 6.22. The predicted octanol–water partition coefficient (Wildman–Crippen LogP) is 5.72. The van der Waals surface area contributed by atoms with Crippen LogP contribution in [0.5, 0.6) is 5.75 Å². The summed E-state index contributed by atoms with van der Waals surface area (Å²) < 4.78 is 34.8. The number of hydrogen-bond acceptors (Lipinski definition) is 6. The lowest BCUT2D eigenvalue weighted by Crippen LogP contribution is -2.10. The van der Waals surface area contributed by atoms with Gasteiger partial charge in [-0.05, 0) is 49.2 Å². The van der Waals surface area contributed by atoms with E-state index in [1.54, 1.807) is 13.3 Å². The van der Waals surface area contributed by atoms with Gasteiger partial charge in [-0.15, -0.1) is 0 Å². The van der Waals surface area contributed by atoms with Crippen molar-refractivity contribution >= 4 is 34.4 Å². The van der Waals surface area contributed by atoms with Crippen molar-refractivity contribution in [3.05, 3.63) is 60.3 Å². The summed E-state index contributed by atoms with van der Waals surface area (Å²) in [6.45, 7) is 0. The Morgan fingerprint density at radius 1 is 1.00 bits per heavy atom. The first-order chi connectivity index (χ1) is 15.6. The van der Waals surface area contributed by atoms with Crippen molar-refractivity contribution in [3.8, 4) is 5.75 Å². The van der Waals surface area contributed by atoms with E-state index in [9.17, 15) is 8.78 Å². The van der Waals surface area contributed by atoms with Gasteiger partial charge in [0.15, 0.2) is 5.65 Å². The summed E-state index contributed by atoms with van der Waals surface area (Å²) in [5.74, 6) is 0.352. The van der Waals surface area contributed by atoms with Crippen LogP contribution in [0.1, 0.15) is 31.7 Å². The van der Waals surface area contributed by atoms with Crippen LogP contribution in [-0.2, 0) is 0 Å². The molecule has 164 valence electrons. The lowest BCUT2D eigenvalue weighted by molar-refractivity contribution is 0.415. The third-order valence-electron chi connectivity index (χ3n) is 5.65. The number of anilines is 4. The highest BCUT2D eigenvalue weighted by molar-refractivity contribution is 5.77. The summed E-state index contributed by atoms with van der Waals surface area (Å²) in [6.07, 6.45) is 5.83. The smallest absolute Gasteiger partial charge is 0.229 e. The molecule has 0 atom stereocenters. The van der Waals surface area contributed by atoms with Crippen LogP contribution in [-0.4, -0.2) is 26.6 Å². The fourth-order valence-corrected chi connectivity index (χ4v) is 4.06. The van der Waals surface area contributed by atoms with Crippen LogP contribution in [0.3, 0.4) is 0 Å². The van der Waals surface area contributed by atoms with E-state index < -0.39 is 11.6 Å². The molecular weight excluding hydrogens is 414 g/mol. The molecule has 7 nitrogen and oxygen atoms in total. The maximum absolute atomic E-state index is 14.3.